The summed E-state index contributed by atoms with van der Waals surface area (Å²) in [6, 6.07) is 3.62. The highest BCUT2D eigenvalue weighted by Crippen LogP contribution is 2.29. The van der Waals surface area contributed by atoms with Crippen LogP contribution in [0.2, 0.25) is 0 Å². The van der Waals surface area contributed by atoms with Crippen LogP contribution in [0.5, 0.6) is 0 Å². The van der Waals surface area contributed by atoms with Gasteiger partial charge >= 0.3 is 12.3 Å². The van der Waals surface area contributed by atoms with E-state index in [-0.39, 0.29) is 6.42 Å². The van der Waals surface area contributed by atoms with Gasteiger partial charge in [-0.25, -0.2) is 4.79 Å². The molecule has 1 atom stereocenters. The van der Waals surface area contributed by atoms with Crippen LogP contribution in [0.25, 0.3) is 0 Å². The molecule has 0 aromatic heterocycles. The number of benzene rings is 1. The summed E-state index contributed by atoms with van der Waals surface area (Å²) in [6.45, 7) is -0.423. The molecule has 18 heavy (non-hydrogen) atoms. The minimum atomic E-state index is -4.39. The van der Waals surface area contributed by atoms with Crippen LogP contribution < -0.4 is 5.32 Å². The Balaban J connectivity index is 2.71. The Labute approximate surface area is 101 Å². The van der Waals surface area contributed by atoms with E-state index in [1.165, 1.54) is 12.1 Å². The number of hydrogen-bond acceptors (Lipinski definition) is 2. The Bertz CT molecular complexity index is 403. The standard InChI is InChI=1S/C11H12F3NO3/c12-11(13,14)8-3-1-7(2-4-8)5-9(6-16)15-10(17)18/h1-4,9,15-16H,5-6H2,(H,17,18). The smallest absolute Gasteiger partial charge is 0.416 e. The molecule has 1 aromatic rings. The van der Waals surface area contributed by atoms with Gasteiger partial charge in [0, 0.05) is 0 Å². The van der Waals surface area contributed by atoms with E-state index < -0.39 is 30.5 Å². The molecular weight excluding hydrogens is 251 g/mol. The van der Waals surface area contributed by atoms with Gasteiger partial charge in [0.2, 0.25) is 0 Å². The topological polar surface area (TPSA) is 69.6 Å². The Morgan fingerprint density at radius 3 is 2.22 bits per heavy atom. The lowest BCUT2D eigenvalue weighted by atomic mass is 10.0. The number of aliphatic hydroxyl groups is 1. The van der Waals surface area contributed by atoms with E-state index in [9.17, 15) is 18.0 Å². The number of alkyl halides is 3. The summed E-state index contributed by atoms with van der Waals surface area (Å²) in [6.07, 6.45) is -5.56. The first kappa shape index (κ1) is 14.3. The number of hydrogen-bond donors (Lipinski definition) is 3. The monoisotopic (exact) mass is 263 g/mol. The van der Waals surface area contributed by atoms with E-state index in [1.807, 2.05) is 0 Å². The van der Waals surface area contributed by atoms with E-state index in [0.29, 0.717) is 5.56 Å². The second-order valence-corrected chi connectivity index (χ2v) is 3.73. The zero-order chi connectivity index (χ0) is 13.8. The van der Waals surface area contributed by atoms with E-state index in [2.05, 4.69) is 5.32 Å². The minimum absolute atomic E-state index is 0.126. The molecule has 100 valence electrons. The van der Waals surface area contributed by atoms with Crippen molar-refractivity contribution in [1.82, 2.24) is 5.32 Å². The summed E-state index contributed by atoms with van der Waals surface area (Å²) < 4.78 is 36.9. The molecule has 0 spiro atoms. The van der Waals surface area contributed by atoms with Crippen LogP contribution >= 0.6 is 0 Å². The molecule has 0 aliphatic rings. The van der Waals surface area contributed by atoms with Crippen LogP contribution in [0.15, 0.2) is 24.3 Å². The van der Waals surface area contributed by atoms with Crippen LogP contribution in [-0.4, -0.2) is 29.0 Å². The van der Waals surface area contributed by atoms with Crippen molar-refractivity contribution in [3.05, 3.63) is 35.4 Å². The van der Waals surface area contributed by atoms with Crippen molar-refractivity contribution in [3.63, 3.8) is 0 Å². The van der Waals surface area contributed by atoms with Gasteiger partial charge in [0.1, 0.15) is 0 Å². The quantitative estimate of drug-likeness (QED) is 0.776. The molecule has 0 aliphatic carbocycles. The third kappa shape index (κ3) is 4.25. The van der Waals surface area contributed by atoms with Crippen LogP contribution in [-0.2, 0) is 12.6 Å². The molecule has 1 aromatic carbocycles. The average Bonchev–Trinajstić information content (AvgIpc) is 2.27. The number of halogens is 3. The Kier molecular flexibility index (Phi) is 4.55. The summed E-state index contributed by atoms with van der Waals surface area (Å²) >= 11 is 0. The molecule has 4 nitrogen and oxygen atoms in total. The summed E-state index contributed by atoms with van der Waals surface area (Å²) in [4.78, 5) is 10.4. The Morgan fingerprint density at radius 2 is 1.83 bits per heavy atom. The van der Waals surface area contributed by atoms with Crippen molar-refractivity contribution in [3.8, 4) is 0 Å². The fourth-order valence-corrected chi connectivity index (χ4v) is 1.45. The number of aliphatic hydroxyl groups excluding tert-OH is 1. The second-order valence-electron chi connectivity index (χ2n) is 3.73. The molecule has 0 radical (unpaired) electrons. The van der Waals surface area contributed by atoms with Crippen LogP contribution in [0.1, 0.15) is 11.1 Å². The van der Waals surface area contributed by atoms with Crippen molar-refractivity contribution in [2.24, 2.45) is 0 Å². The highest BCUT2D eigenvalue weighted by atomic mass is 19.4. The van der Waals surface area contributed by atoms with E-state index in [1.54, 1.807) is 0 Å². The predicted molar refractivity (Wildman–Crippen MR) is 57.2 cm³/mol. The average molecular weight is 263 g/mol. The number of nitrogens with one attached hydrogen (secondary N) is 1. The molecule has 0 aliphatic heterocycles. The van der Waals surface area contributed by atoms with Gasteiger partial charge in [0.15, 0.2) is 0 Å². The molecule has 0 heterocycles. The molecule has 0 saturated carbocycles. The lowest BCUT2D eigenvalue weighted by Gasteiger charge is -2.14. The molecular formula is C11H12F3NO3. The molecule has 3 N–H and O–H groups in total. The predicted octanol–water partition coefficient (Wildman–Crippen LogP) is 1.88. The zero-order valence-electron chi connectivity index (χ0n) is 9.24. The SMILES string of the molecule is O=C(O)NC(CO)Cc1ccc(C(F)(F)F)cc1. The molecule has 1 rings (SSSR count). The second kappa shape index (κ2) is 5.72. The largest absolute Gasteiger partial charge is 0.465 e. The normalized spacial score (nSPS) is 13.1. The summed E-state index contributed by atoms with van der Waals surface area (Å²) in [5, 5.41) is 19.5. The van der Waals surface area contributed by atoms with Crippen LogP contribution in [0.3, 0.4) is 0 Å². The van der Waals surface area contributed by atoms with Crippen molar-refractivity contribution < 1.29 is 28.2 Å². The minimum Gasteiger partial charge on any atom is -0.465 e. The maximum absolute atomic E-state index is 12.3. The fourth-order valence-electron chi connectivity index (χ4n) is 1.45. The lowest BCUT2D eigenvalue weighted by molar-refractivity contribution is -0.137. The maximum atomic E-state index is 12.3. The number of rotatable bonds is 4. The third-order valence-corrected chi connectivity index (χ3v) is 2.31. The van der Waals surface area contributed by atoms with Gasteiger partial charge in [-0.1, -0.05) is 12.1 Å². The first-order valence-corrected chi connectivity index (χ1v) is 5.09. The third-order valence-electron chi connectivity index (χ3n) is 2.31. The summed E-state index contributed by atoms with van der Waals surface area (Å²) in [7, 11) is 0. The van der Waals surface area contributed by atoms with Gasteiger partial charge in [-0.05, 0) is 24.1 Å². The Morgan fingerprint density at radius 1 is 1.28 bits per heavy atom. The van der Waals surface area contributed by atoms with Crippen molar-refractivity contribution in [2.45, 2.75) is 18.6 Å². The first-order chi connectivity index (χ1) is 8.32. The number of carbonyl (C=O) groups is 1. The van der Waals surface area contributed by atoms with E-state index in [4.69, 9.17) is 10.2 Å². The van der Waals surface area contributed by atoms with Gasteiger partial charge in [-0.2, -0.15) is 13.2 Å². The van der Waals surface area contributed by atoms with Gasteiger partial charge in [0.25, 0.3) is 0 Å². The maximum Gasteiger partial charge on any atom is 0.416 e. The zero-order valence-corrected chi connectivity index (χ0v) is 9.24. The molecule has 7 heteroatoms. The molecule has 0 bridgehead atoms. The summed E-state index contributed by atoms with van der Waals surface area (Å²) in [5.74, 6) is 0. The van der Waals surface area contributed by atoms with Gasteiger partial charge < -0.3 is 15.5 Å². The number of carboxylic acid groups (broad SMARTS) is 1. The molecule has 0 fully saturated rings. The first-order valence-electron chi connectivity index (χ1n) is 5.09. The van der Waals surface area contributed by atoms with E-state index >= 15 is 0 Å². The van der Waals surface area contributed by atoms with Gasteiger partial charge in [0.05, 0.1) is 18.2 Å². The molecule has 1 amide bonds. The van der Waals surface area contributed by atoms with Crippen molar-refractivity contribution >= 4 is 6.09 Å². The van der Waals surface area contributed by atoms with Crippen molar-refractivity contribution in [1.29, 1.82) is 0 Å². The van der Waals surface area contributed by atoms with E-state index in [0.717, 1.165) is 12.1 Å². The number of amides is 1. The van der Waals surface area contributed by atoms with Crippen LogP contribution in [0, 0.1) is 0 Å². The van der Waals surface area contributed by atoms with Gasteiger partial charge in [-0.3, -0.25) is 0 Å². The highest BCUT2D eigenvalue weighted by molar-refractivity contribution is 5.64. The summed E-state index contributed by atoms with van der Waals surface area (Å²) in [5.41, 5.74) is -0.256. The van der Waals surface area contributed by atoms with Crippen LogP contribution in [0.4, 0.5) is 18.0 Å². The molecule has 1 unspecified atom stereocenters. The van der Waals surface area contributed by atoms with Crippen molar-refractivity contribution in [2.75, 3.05) is 6.61 Å². The van der Waals surface area contributed by atoms with Gasteiger partial charge in [-0.15, -0.1) is 0 Å². The Hall–Kier alpha value is -1.76. The molecule has 0 saturated heterocycles. The lowest BCUT2D eigenvalue weighted by Crippen LogP contribution is -2.38. The fraction of sp³-hybridized carbons (Fsp3) is 0.364. The highest BCUT2D eigenvalue weighted by Gasteiger charge is 2.29.